The molecule has 0 radical (unpaired) electrons. The Bertz CT molecular complexity index is 1930. The molecule has 4 aromatic carbocycles. The Morgan fingerprint density at radius 3 is 1.37 bits per heavy atom. The first-order chi connectivity index (χ1) is 23.9. The highest BCUT2D eigenvalue weighted by Crippen LogP contribution is 2.51. The second-order valence-corrected chi connectivity index (χ2v) is 23.8. The molecule has 52 heavy (non-hydrogen) atoms. The van der Waals surface area contributed by atoms with Gasteiger partial charge in [-0.1, -0.05) is 185 Å². The van der Waals surface area contributed by atoms with Crippen molar-refractivity contribution in [2.24, 2.45) is 0 Å². The number of benzene rings is 4. The molecule has 0 bridgehead atoms. The summed E-state index contributed by atoms with van der Waals surface area (Å²) in [6.45, 7) is 34.6. The Morgan fingerprint density at radius 2 is 0.981 bits per heavy atom. The zero-order valence-corrected chi connectivity index (χ0v) is 36.5. The minimum absolute atomic E-state index is 0.0549. The van der Waals surface area contributed by atoms with Gasteiger partial charge in [0.1, 0.15) is 11.2 Å². The molecule has 5 heteroatoms. The van der Waals surface area contributed by atoms with Crippen LogP contribution in [-0.2, 0) is 21.7 Å². The van der Waals surface area contributed by atoms with Crippen LogP contribution in [0, 0.1) is 0 Å². The molecule has 0 saturated heterocycles. The van der Waals surface area contributed by atoms with Crippen LogP contribution in [0.3, 0.4) is 0 Å². The molecule has 5 aromatic rings. The average molecular weight is 739 g/mol. The zero-order valence-electron chi connectivity index (χ0n) is 34.7. The third kappa shape index (κ3) is 9.27. The molecule has 1 heterocycles. The standard InChI is InChI=1S/C47H64O3P2/c1-43(2,3)33-28-36-37-29-34(44(4,5)6)31-39(46(10,11)12)42(37)50-52(49-41(36)38(30-33)45(7,8)9)48-40(32-22-18-16-19-23-32)26-27-51(47(13,14)15)35-24-20-17-21-25-35/h16-25,28-31,40H,26-27H2,1-15H3/t40-,51?/m0/s1. The Balaban J connectivity index is 1.83. The van der Waals surface area contributed by atoms with Crippen molar-refractivity contribution >= 4 is 43.4 Å². The molecule has 0 fully saturated rings. The monoisotopic (exact) mass is 738 g/mol. The second-order valence-electron chi connectivity index (χ2n) is 19.7. The first kappa shape index (κ1) is 40.4. The summed E-state index contributed by atoms with van der Waals surface area (Å²) < 4.78 is 21.6. The summed E-state index contributed by atoms with van der Waals surface area (Å²) in [5.41, 5.74) is 7.37. The fraction of sp³-hybridized carbons (Fsp3) is 0.489. The SMILES string of the molecule is CC(C)(C)c1cc(C(C)(C)C)c2op(O[C@@H](CCP(c3ccccc3)C(C)(C)C)c3ccccc3)oc3c(C(C)(C)C)cc(C(C)(C)C)cc3c2c1. The summed E-state index contributed by atoms with van der Waals surface area (Å²) >= 11 is 0. The summed E-state index contributed by atoms with van der Waals surface area (Å²) in [4.78, 5) is 0. The van der Waals surface area contributed by atoms with Gasteiger partial charge in [0, 0.05) is 21.9 Å². The molecule has 0 aliphatic rings. The Labute approximate surface area is 317 Å². The summed E-state index contributed by atoms with van der Waals surface area (Å²) in [6, 6.07) is 31.2. The Kier molecular flexibility index (Phi) is 11.5. The van der Waals surface area contributed by atoms with Gasteiger partial charge in [0.25, 0.3) is 0 Å². The van der Waals surface area contributed by atoms with E-state index < -0.39 is 16.2 Å². The van der Waals surface area contributed by atoms with Gasteiger partial charge in [-0.05, 0) is 73.5 Å². The molecule has 0 spiro atoms. The lowest BCUT2D eigenvalue weighted by Crippen LogP contribution is -2.22. The molecule has 1 unspecified atom stereocenters. The van der Waals surface area contributed by atoms with Crippen molar-refractivity contribution < 1.29 is 12.9 Å². The third-order valence-corrected chi connectivity index (χ3v) is 14.4. The van der Waals surface area contributed by atoms with Gasteiger partial charge in [-0.2, -0.15) is 0 Å². The molecule has 0 N–H and O–H groups in total. The first-order valence-corrected chi connectivity index (χ1v) is 21.7. The molecule has 0 aliphatic heterocycles. The Morgan fingerprint density at radius 1 is 0.558 bits per heavy atom. The largest absolute Gasteiger partial charge is 0.399 e. The molecule has 0 amide bonds. The molecule has 1 aromatic heterocycles. The minimum atomic E-state index is -1.84. The topological polar surface area (TPSA) is 35.5 Å². The number of hydrogen-bond donors (Lipinski definition) is 0. The maximum Gasteiger partial charge on any atom is 0.388 e. The highest BCUT2D eigenvalue weighted by molar-refractivity contribution is 7.67. The lowest BCUT2D eigenvalue weighted by Gasteiger charge is -2.33. The fourth-order valence-electron chi connectivity index (χ4n) is 6.80. The molecular weight excluding hydrogens is 674 g/mol. The highest BCUT2D eigenvalue weighted by Gasteiger charge is 2.31. The van der Waals surface area contributed by atoms with E-state index in [9.17, 15) is 0 Å². The van der Waals surface area contributed by atoms with Crippen molar-refractivity contribution in [3.05, 3.63) is 113 Å². The molecule has 0 saturated carbocycles. The quantitative estimate of drug-likeness (QED) is 0.156. The average Bonchev–Trinajstić information content (AvgIpc) is 3.18. The number of fused-ring (bicyclic) bond motifs is 3. The van der Waals surface area contributed by atoms with E-state index in [0.717, 1.165) is 40.1 Å². The van der Waals surface area contributed by atoms with Crippen LogP contribution < -0.4 is 9.83 Å². The lowest BCUT2D eigenvalue weighted by molar-refractivity contribution is 0.258. The summed E-state index contributed by atoms with van der Waals surface area (Å²) in [5.74, 6) is 0. The van der Waals surface area contributed by atoms with Gasteiger partial charge in [-0.15, -0.1) is 0 Å². The van der Waals surface area contributed by atoms with Crippen LogP contribution in [-0.4, -0.2) is 11.3 Å². The van der Waals surface area contributed by atoms with Crippen molar-refractivity contribution in [1.82, 2.24) is 0 Å². The van der Waals surface area contributed by atoms with Gasteiger partial charge < -0.3 is 8.39 Å². The molecule has 0 aliphatic carbocycles. The summed E-state index contributed by atoms with van der Waals surface area (Å²) in [7, 11) is -2.30. The van der Waals surface area contributed by atoms with E-state index >= 15 is 0 Å². The molecular formula is C47H64O3P2. The number of rotatable bonds is 7. The van der Waals surface area contributed by atoms with Gasteiger partial charge >= 0.3 is 8.24 Å². The smallest absolute Gasteiger partial charge is 0.388 e. The van der Waals surface area contributed by atoms with E-state index in [1.165, 1.54) is 27.6 Å². The van der Waals surface area contributed by atoms with Crippen molar-refractivity contribution in [2.45, 2.75) is 143 Å². The van der Waals surface area contributed by atoms with Crippen LogP contribution in [0.25, 0.3) is 21.9 Å². The predicted octanol–water partition coefficient (Wildman–Crippen LogP) is 14.6. The van der Waals surface area contributed by atoms with Gasteiger partial charge in [0.2, 0.25) is 0 Å². The van der Waals surface area contributed by atoms with Crippen LogP contribution in [0.1, 0.15) is 144 Å². The Hall–Kier alpha value is -2.83. The minimum Gasteiger partial charge on any atom is -0.399 e. The highest BCUT2D eigenvalue weighted by atomic mass is 31.1. The van der Waals surface area contributed by atoms with Gasteiger partial charge in [-0.25, -0.2) is 0 Å². The van der Waals surface area contributed by atoms with Crippen molar-refractivity contribution in [3.8, 4) is 0 Å². The molecule has 5 rings (SSSR count). The van der Waals surface area contributed by atoms with Crippen LogP contribution in [0.15, 0.2) is 93.3 Å². The van der Waals surface area contributed by atoms with E-state index in [1.54, 1.807) is 0 Å². The molecule has 3 nitrogen and oxygen atoms in total. The van der Waals surface area contributed by atoms with E-state index in [1.807, 2.05) is 0 Å². The van der Waals surface area contributed by atoms with E-state index in [2.05, 4.69) is 189 Å². The summed E-state index contributed by atoms with van der Waals surface area (Å²) in [6.07, 6.45) is 1.69. The maximum absolute atomic E-state index is 7.23. The van der Waals surface area contributed by atoms with Crippen molar-refractivity contribution in [1.29, 1.82) is 0 Å². The summed E-state index contributed by atoms with van der Waals surface area (Å²) in [5, 5.41) is 3.76. The third-order valence-electron chi connectivity index (χ3n) is 10.0. The molecule has 280 valence electrons. The first-order valence-electron chi connectivity index (χ1n) is 19.0. The second kappa shape index (κ2) is 14.8. The van der Waals surface area contributed by atoms with Crippen LogP contribution in [0.2, 0.25) is 0 Å². The van der Waals surface area contributed by atoms with Gasteiger partial charge in [0.15, 0.2) is 0 Å². The predicted molar refractivity (Wildman–Crippen MR) is 229 cm³/mol. The zero-order chi connectivity index (χ0) is 38.4. The van der Waals surface area contributed by atoms with Crippen molar-refractivity contribution in [3.63, 3.8) is 0 Å². The lowest BCUT2D eigenvalue weighted by atomic mass is 9.77. The van der Waals surface area contributed by atoms with E-state index in [0.29, 0.717) is 0 Å². The van der Waals surface area contributed by atoms with E-state index in [-0.39, 0.29) is 32.9 Å². The van der Waals surface area contributed by atoms with Crippen molar-refractivity contribution in [2.75, 3.05) is 6.16 Å². The fourth-order valence-corrected chi connectivity index (χ4v) is 10.8. The van der Waals surface area contributed by atoms with Crippen LogP contribution in [0.4, 0.5) is 0 Å². The normalized spacial score (nSPS) is 14.5. The number of hydrogen-bond acceptors (Lipinski definition) is 3. The molecule has 2 atom stereocenters. The maximum atomic E-state index is 7.23. The van der Waals surface area contributed by atoms with Crippen LogP contribution in [0.5, 0.6) is 0 Å². The van der Waals surface area contributed by atoms with E-state index in [4.69, 9.17) is 12.9 Å². The van der Waals surface area contributed by atoms with Crippen LogP contribution >= 0.6 is 16.2 Å². The van der Waals surface area contributed by atoms with Gasteiger partial charge in [0.05, 0.1) is 6.10 Å². The van der Waals surface area contributed by atoms with Gasteiger partial charge in [-0.3, -0.25) is 4.52 Å².